The third kappa shape index (κ3) is 4.11. The van der Waals surface area contributed by atoms with Crippen molar-refractivity contribution in [1.82, 2.24) is 19.4 Å². The monoisotopic (exact) mass is 443 g/mol. The molecule has 1 N–H and O–H groups in total. The molecule has 1 atom stereocenters. The van der Waals surface area contributed by atoms with Gasteiger partial charge in [0.2, 0.25) is 5.91 Å². The lowest BCUT2D eigenvalue weighted by atomic mass is 10.1. The summed E-state index contributed by atoms with van der Waals surface area (Å²) >= 11 is 0. The van der Waals surface area contributed by atoms with Crippen LogP contribution in [0, 0.1) is 13.8 Å². The molecule has 0 spiro atoms. The van der Waals surface area contributed by atoms with Gasteiger partial charge in [0.05, 0.1) is 29.1 Å². The number of amides is 1. The van der Waals surface area contributed by atoms with Crippen molar-refractivity contribution in [3.63, 3.8) is 0 Å². The molecule has 1 aromatic carbocycles. The highest BCUT2D eigenvalue weighted by molar-refractivity contribution is 5.80. The second-order valence-corrected chi connectivity index (χ2v) is 8.44. The summed E-state index contributed by atoms with van der Waals surface area (Å²) in [5, 5.41) is 3.28. The van der Waals surface area contributed by atoms with E-state index in [0.717, 1.165) is 41.2 Å². The van der Waals surface area contributed by atoms with Crippen LogP contribution in [0.4, 0.5) is 11.5 Å². The summed E-state index contributed by atoms with van der Waals surface area (Å²) in [6, 6.07) is 13.2. The number of nitrogens with zero attached hydrogens (tertiary/aromatic N) is 4. The van der Waals surface area contributed by atoms with Gasteiger partial charge in [-0.25, -0.2) is 9.78 Å². The lowest BCUT2D eigenvalue weighted by Gasteiger charge is -2.24. The third-order valence-corrected chi connectivity index (χ3v) is 6.09. The molecule has 4 aromatic rings. The highest BCUT2D eigenvalue weighted by atomic mass is 16.4. The number of benzene rings is 1. The zero-order chi connectivity index (χ0) is 22.9. The van der Waals surface area contributed by atoms with Gasteiger partial charge in [-0.3, -0.25) is 14.3 Å². The van der Waals surface area contributed by atoms with Crippen molar-refractivity contribution in [3.05, 3.63) is 82.2 Å². The van der Waals surface area contributed by atoms with Crippen LogP contribution in [-0.2, 0) is 11.3 Å². The molecule has 1 amide bonds. The van der Waals surface area contributed by atoms with E-state index in [1.54, 1.807) is 18.5 Å². The summed E-state index contributed by atoms with van der Waals surface area (Å²) in [5.74, 6) is 0.160. The Bertz CT molecular complexity index is 1370. The maximum atomic E-state index is 13.2. The molecule has 5 rings (SSSR count). The van der Waals surface area contributed by atoms with E-state index in [-0.39, 0.29) is 18.5 Å². The quantitative estimate of drug-likeness (QED) is 0.499. The molecule has 168 valence electrons. The first kappa shape index (κ1) is 20.9. The molecule has 8 nitrogen and oxygen atoms in total. The number of aryl methyl sites for hydroxylation is 2. The van der Waals surface area contributed by atoms with E-state index in [9.17, 15) is 9.59 Å². The molecular weight excluding hydrogens is 418 g/mol. The van der Waals surface area contributed by atoms with Gasteiger partial charge in [-0.05, 0) is 68.1 Å². The minimum Gasteiger partial charge on any atom is -0.408 e. The van der Waals surface area contributed by atoms with Crippen LogP contribution in [0.15, 0.2) is 64.1 Å². The number of carbonyl (C=O) groups excluding carboxylic acids is 1. The van der Waals surface area contributed by atoms with Crippen molar-refractivity contribution < 1.29 is 9.21 Å². The number of hydrogen-bond acceptors (Lipinski definition) is 6. The van der Waals surface area contributed by atoms with Crippen molar-refractivity contribution in [2.75, 3.05) is 11.9 Å². The number of rotatable bonds is 5. The van der Waals surface area contributed by atoms with E-state index in [4.69, 9.17) is 4.42 Å². The Morgan fingerprint density at radius 3 is 2.85 bits per heavy atom. The normalized spacial score (nSPS) is 15.8. The van der Waals surface area contributed by atoms with E-state index in [0.29, 0.717) is 17.6 Å². The molecule has 0 radical (unpaired) electrons. The van der Waals surface area contributed by atoms with Crippen LogP contribution in [0.2, 0.25) is 0 Å². The predicted octanol–water partition coefficient (Wildman–Crippen LogP) is 4.11. The molecular formula is C25H25N5O3. The first-order chi connectivity index (χ1) is 16.0. The van der Waals surface area contributed by atoms with Gasteiger partial charge in [-0.15, -0.1) is 0 Å². The van der Waals surface area contributed by atoms with Gasteiger partial charge < -0.3 is 14.6 Å². The predicted molar refractivity (Wildman–Crippen MR) is 125 cm³/mol. The first-order valence-electron chi connectivity index (χ1n) is 11.0. The van der Waals surface area contributed by atoms with Gasteiger partial charge in [0.1, 0.15) is 12.4 Å². The summed E-state index contributed by atoms with van der Waals surface area (Å²) in [5.41, 5.74) is 4.85. The molecule has 0 aliphatic carbocycles. The zero-order valence-corrected chi connectivity index (χ0v) is 18.6. The number of anilines is 2. The maximum absolute atomic E-state index is 13.2. The molecule has 0 bridgehead atoms. The topological polar surface area (TPSA) is 93.3 Å². The fraction of sp³-hybridized carbons (Fsp3) is 0.280. The van der Waals surface area contributed by atoms with Crippen LogP contribution < -0.4 is 11.1 Å². The van der Waals surface area contributed by atoms with Crippen LogP contribution in [0.25, 0.3) is 11.1 Å². The highest BCUT2D eigenvalue weighted by Gasteiger charge is 2.31. The molecule has 0 unspecified atom stereocenters. The Hall–Kier alpha value is -3.94. The Morgan fingerprint density at radius 1 is 1.18 bits per heavy atom. The van der Waals surface area contributed by atoms with Gasteiger partial charge in [-0.1, -0.05) is 12.1 Å². The number of pyridine rings is 2. The molecule has 1 fully saturated rings. The number of likely N-dealkylation sites (tertiary alicyclic amines) is 1. The summed E-state index contributed by atoms with van der Waals surface area (Å²) in [6.45, 7) is 4.53. The number of carbonyl (C=O) groups is 1. The summed E-state index contributed by atoms with van der Waals surface area (Å²) in [7, 11) is 0. The molecule has 1 saturated heterocycles. The second kappa shape index (κ2) is 8.54. The Balaban J connectivity index is 1.34. The molecule has 0 saturated carbocycles. The molecule has 1 aliphatic rings. The van der Waals surface area contributed by atoms with Gasteiger partial charge >= 0.3 is 5.76 Å². The van der Waals surface area contributed by atoms with Gasteiger partial charge in [-0.2, -0.15) is 0 Å². The number of aromatic nitrogens is 3. The van der Waals surface area contributed by atoms with Gasteiger partial charge in [0, 0.05) is 12.7 Å². The van der Waals surface area contributed by atoms with Crippen molar-refractivity contribution in [3.8, 4) is 0 Å². The SMILES string of the molecule is Cc1ccc2oc(=O)n(CC(=O)N3CCC[C@@H]3c3ccc(Nc4ncccc4C)cn3)c2c1. The molecule has 4 heterocycles. The molecule has 3 aromatic heterocycles. The number of oxazole rings is 1. The number of hydrogen-bond donors (Lipinski definition) is 1. The van der Waals surface area contributed by atoms with E-state index < -0.39 is 5.76 Å². The van der Waals surface area contributed by atoms with Crippen LogP contribution in [-0.4, -0.2) is 31.9 Å². The summed E-state index contributed by atoms with van der Waals surface area (Å²) in [4.78, 5) is 36.4. The van der Waals surface area contributed by atoms with E-state index in [1.807, 2.05) is 55.1 Å². The lowest BCUT2D eigenvalue weighted by Crippen LogP contribution is -2.35. The van der Waals surface area contributed by atoms with Crippen molar-refractivity contribution in [2.24, 2.45) is 0 Å². The van der Waals surface area contributed by atoms with Crippen LogP contribution >= 0.6 is 0 Å². The lowest BCUT2D eigenvalue weighted by molar-refractivity contribution is -0.132. The van der Waals surface area contributed by atoms with Crippen molar-refractivity contribution in [1.29, 1.82) is 0 Å². The minimum absolute atomic E-state index is 0.0512. The average molecular weight is 444 g/mol. The molecule has 33 heavy (non-hydrogen) atoms. The Labute approximate surface area is 190 Å². The maximum Gasteiger partial charge on any atom is 0.420 e. The fourth-order valence-electron chi connectivity index (χ4n) is 4.35. The summed E-state index contributed by atoms with van der Waals surface area (Å²) in [6.07, 6.45) is 5.24. The highest BCUT2D eigenvalue weighted by Crippen LogP contribution is 2.32. The largest absolute Gasteiger partial charge is 0.420 e. The molecule has 1 aliphatic heterocycles. The second-order valence-electron chi connectivity index (χ2n) is 8.44. The number of fused-ring (bicyclic) bond motifs is 1. The standard InChI is InChI=1S/C25H25N5O3/c1-16-7-10-22-21(13-16)30(25(32)33-22)15-23(31)29-12-4-6-20(29)19-9-8-18(14-27-19)28-24-17(2)5-3-11-26-24/h3,5,7-11,13-14,20H,4,6,12,15H2,1-2H3,(H,26,28)/t20-/m1/s1. The van der Waals surface area contributed by atoms with E-state index >= 15 is 0 Å². The van der Waals surface area contributed by atoms with Gasteiger partial charge in [0.15, 0.2) is 5.58 Å². The first-order valence-corrected chi connectivity index (χ1v) is 11.0. The smallest absolute Gasteiger partial charge is 0.408 e. The van der Waals surface area contributed by atoms with Crippen molar-refractivity contribution >= 4 is 28.5 Å². The fourth-order valence-corrected chi connectivity index (χ4v) is 4.35. The van der Waals surface area contributed by atoms with Crippen LogP contribution in [0.5, 0.6) is 0 Å². The number of nitrogens with one attached hydrogen (secondary N) is 1. The minimum atomic E-state index is -0.516. The van der Waals surface area contributed by atoms with Crippen LogP contribution in [0.1, 0.15) is 35.7 Å². The van der Waals surface area contributed by atoms with E-state index in [2.05, 4.69) is 15.3 Å². The molecule has 8 heteroatoms. The van der Waals surface area contributed by atoms with Gasteiger partial charge in [0.25, 0.3) is 0 Å². The summed E-state index contributed by atoms with van der Waals surface area (Å²) < 4.78 is 6.72. The third-order valence-electron chi connectivity index (χ3n) is 6.09. The van der Waals surface area contributed by atoms with Crippen molar-refractivity contribution in [2.45, 2.75) is 39.3 Å². The van der Waals surface area contributed by atoms with Crippen LogP contribution in [0.3, 0.4) is 0 Å². The average Bonchev–Trinajstić information content (AvgIpc) is 3.41. The Kier molecular flexibility index (Phi) is 5.42. The van der Waals surface area contributed by atoms with E-state index in [1.165, 1.54) is 4.57 Å². The Morgan fingerprint density at radius 2 is 2.06 bits per heavy atom. The zero-order valence-electron chi connectivity index (χ0n) is 18.6.